The molecular formula is C19H21N3O2S2. The number of aryl methyl sites for hydroxylation is 2. The highest BCUT2D eigenvalue weighted by molar-refractivity contribution is 7.18. The van der Waals surface area contributed by atoms with Crippen molar-refractivity contribution in [3.63, 3.8) is 0 Å². The highest BCUT2D eigenvalue weighted by Gasteiger charge is 2.23. The van der Waals surface area contributed by atoms with Gasteiger partial charge in [0.05, 0.1) is 11.9 Å². The van der Waals surface area contributed by atoms with Gasteiger partial charge in [0.25, 0.3) is 5.56 Å². The largest absolute Gasteiger partial charge is 0.351 e. The van der Waals surface area contributed by atoms with E-state index in [4.69, 9.17) is 0 Å². The summed E-state index contributed by atoms with van der Waals surface area (Å²) in [5.74, 6) is 1.24. The zero-order chi connectivity index (χ0) is 18.1. The van der Waals surface area contributed by atoms with Crippen molar-refractivity contribution in [1.82, 2.24) is 15.3 Å². The first-order valence-corrected chi connectivity index (χ1v) is 10.6. The fourth-order valence-electron chi connectivity index (χ4n) is 3.43. The molecule has 26 heavy (non-hydrogen) atoms. The highest BCUT2D eigenvalue weighted by atomic mass is 32.1. The van der Waals surface area contributed by atoms with Crippen LogP contribution in [0, 0.1) is 5.92 Å². The number of rotatable bonds is 5. The van der Waals surface area contributed by atoms with E-state index in [9.17, 15) is 9.59 Å². The van der Waals surface area contributed by atoms with Crippen LogP contribution in [-0.2, 0) is 30.6 Å². The molecule has 7 heteroatoms. The van der Waals surface area contributed by atoms with E-state index in [1.54, 1.807) is 22.7 Å². The summed E-state index contributed by atoms with van der Waals surface area (Å²) in [5.41, 5.74) is 1.13. The minimum Gasteiger partial charge on any atom is -0.351 e. The second-order valence-corrected chi connectivity index (χ2v) is 9.02. The number of carbonyl (C=O) groups excluding carboxylic acids is 1. The van der Waals surface area contributed by atoms with Crippen molar-refractivity contribution in [2.45, 2.75) is 45.6 Å². The fraction of sp³-hybridized carbons (Fsp3) is 0.421. The molecule has 136 valence electrons. The Morgan fingerprint density at radius 2 is 2.35 bits per heavy atom. The van der Waals surface area contributed by atoms with Gasteiger partial charge in [0.1, 0.15) is 10.7 Å². The van der Waals surface area contributed by atoms with Crippen molar-refractivity contribution in [2.75, 3.05) is 0 Å². The molecule has 3 aromatic heterocycles. The zero-order valence-corrected chi connectivity index (χ0v) is 16.3. The lowest BCUT2D eigenvalue weighted by molar-refractivity contribution is -0.121. The van der Waals surface area contributed by atoms with Gasteiger partial charge in [-0.05, 0) is 42.2 Å². The molecule has 1 atom stereocenters. The molecule has 0 saturated heterocycles. The predicted octanol–water partition coefficient (Wildman–Crippen LogP) is 3.42. The molecule has 1 amide bonds. The van der Waals surface area contributed by atoms with Gasteiger partial charge < -0.3 is 10.3 Å². The lowest BCUT2D eigenvalue weighted by Crippen LogP contribution is -2.23. The van der Waals surface area contributed by atoms with Crippen molar-refractivity contribution in [1.29, 1.82) is 0 Å². The van der Waals surface area contributed by atoms with Gasteiger partial charge >= 0.3 is 0 Å². The highest BCUT2D eigenvalue weighted by Crippen LogP contribution is 2.35. The van der Waals surface area contributed by atoms with E-state index in [2.05, 4.69) is 22.2 Å². The predicted molar refractivity (Wildman–Crippen MR) is 106 cm³/mol. The summed E-state index contributed by atoms with van der Waals surface area (Å²) in [6.45, 7) is 2.81. The van der Waals surface area contributed by atoms with E-state index in [1.165, 1.54) is 10.4 Å². The Morgan fingerprint density at radius 3 is 3.15 bits per heavy atom. The molecule has 0 bridgehead atoms. The average molecular weight is 388 g/mol. The van der Waals surface area contributed by atoms with E-state index in [0.29, 0.717) is 31.1 Å². The summed E-state index contributed by atoms with van der Waals surface area (Å²) in [4.78, 5) is 35.4. The van der Waals surface area contributed by atoms with Crippen LogP contribution in [0.1, 0.15) is 40.9 Å². The van der Waals surface area contributed by atoms with Crippen LogP contribution in [-0.4, -0.2) is 15.9 Å². The Kier molecular flexibility index (Phi) is 4.91. The minimum absolute atomic E-state index is 0.0274. The lowest BCUT2D eigenvalue weighted by Gasteiger charge is -2.17. The Labute approximate surface area is 159 Å². The number of hydrogen-bond donors (Lipinski definition) is 2. The van der Waals surface area contributed by atoms with Gasteiger partial charge in [-0.2, -0.15) is 0 Å². The van der Waals surface area contributed by atoms with Crippen LogP contribution in [0.3, 0.4) is 0 Å². The van der Waals surface area contributed by atoms with Crippen LogP contribution in [0.25, 0.3) is 10.2 Å². The Morgan fingerprint density at radius 1 is 1.46 bits per heavy atom. The van der Waals surface area contributed by atoms with Crippen molar-refractivity contribution >= 4 is 38.8 Å². The molecule has 5 nitrogen and oxygen atoms in total. The number of thiophene rings is 2. The smallest absolute Gasteiger partial charge is 0.259 e. The molecule has 3 heterocycles. The van der Waals surface area contributed by atoms with Gasteiger partial charge in [0.15, 0.2) is 0 Å². The average Bonchev–Trinajstić information content (AvgIpc) is 3.24. The number of nitrogens with one attached hydrogen (secondary N) is 2. The first-order valence-electron chi connectivity index (χ1n) is 8.92. The number of H-pyrrole nitrogens is 1. The standard InChI is InChI=1S/C19H21N3O2S2/c1-11-4-5-13-14(9-11)26-19-17(13)18(24)21-15(22-19)6-7-16(23)20-10-12-3-2-8-25-12/h2-3,8,11H,4-7,9-10H2,1H3,(H,20,23)(H,21,22,24)/t11-/m1/s1. The van der Waals surface area contributed by atoms with Gasteiger partial charge in [-0.25, -0.2) is 4.98 Å². The van der Waals surface area contributed by atoms with Crippen molar-refractivity contribution in [2.24, 2.45) is 5.92 Å². The summed E-state index contributed by atoms with van der Waals surface area (Å²) < 4.78 is 0. The Hall–Kier alpha value is -1.99. The van der Waals surface area contributed by atoms with Crippen LogP contribution in [0.2, 0.25) is 0 Å². The molecule has 0 unspecified atom stereocenters. The van der Waals surface area contributed by atoms with Crippen LogP contribution in [0.5, 0.6) is 0 Å². The molecular weight excluding hydrogens is 366 g/mol. The fourth-order valence-corrected chi connectivity index (χ4v) is 5.48. The molecule has 0 radical (unpaired) electrons. The van der Waals surface area contributed by atoms with Crippen molar-refractivity contribution < 1.29 is 4.79 Å². The second kappa shape index (κ2) is 7.32. The molecule has 3 aromatic rings. The molecule has 1 aliphatic rings. The van der Waals surface area contributed by atoms with Gasteiger partial charge in [-0.15, -0.1) is 22.7 Å². The SMILES string of the molecule is C[C@@H]1CCc2c(sc3nc(CCC(=O)NCc4cccs4)[nH]c(=O)c23)C1. The number of hydrogen-bond acceptors (Lipinski definition) is 5. The summed E-state index contributed by atoms with van der Waals surface area (Å²) in [6, 6.07) is 3.97. The molecule has 0 aliphatic heterocycles. The normalized spacial score (nSPS) is 16.6. The van der Waals surface area contributed by atoms with E-state index in [1.807, 2.05) is 17.5 Å². The van der Waals surface area contributed by atoms with Crippen LogP contribution in [0.4, 0.5) is 0 Å². The van der Waals surface area contributed by atoms with Crippen molar-refractivity contribution in [3.8, 4) is 0 Å². The summed E-state index contributed by atoms with van der Waals surface area (Å²) in [6.07, 6.45) is 3.90. The third-order valence-corrected chi connectivity index (χ3v) is 6.87. The summed E-state index contributed by atoms with van der Waals surface area (Å²) >= 11 is 3.27. The first-order chi connectivity index (χ1) is 12.6. The zero-order valence-electron chi connectivity index (χ0n) is 14.6. The second-order valence-electron chi connectivity index (χ2n) is 6.90. The molecule has 0 aromatic carbocycles. The molecule has 4 rings (SSSR count). The van der Waals surface area contributed by atoms with E-state index < -0.39 is 0 Å². The summed E-state index contributed by atoms with van der Waals surface area (Å²) in [7, 11) is 0. The molecule has 0 spiro atoms. The van der Waals surface area contributed by atoms with E-state index in [-0.39, 0.29) is 11.5 Å². The Bertz CT molecular complexity index is 988. The summed E-state index contributed by atoms with van der Waals surface area (Å²) in [5, 5.41) is 5.67. The van der Waals surface area contributed by atoms with E-state index >= 15 is 0 Å². The monoisotopic (exact) mass is 387 g/mol. The van der Waals surface area contributed by atoms with Crippen LogP contribution < -0.4 is 10.9 Å². The third-order valence-electron chi connectivity index (χ3n) is 4.84. The van der Waals surface area contributed by atoms with Gasteiger partial charge in [-0.3, -0.25) is 9.59 Å². The molecule has 1 aliphatic carbocycles. The van der Waals surface area contributed by atoms with Crippen molar-refractivity contribution in [3.05, 3.63) is 49.0 Å². The number of carbonyl (C=O) groups is 1. The van der Waals surface area contributed by atoms with Gasteiger partial charge in [0, 0.05) is 22.6 Å². The van der Waals surface area contributed by atoms with Crippen LogP contribution in [0.15, 0.2) is 22.3 Å². The number of fused-ring (bicyclic) bond motifs is 3. The number of aromatic amines is 1. The molecule has 0 saturated carbocycles. The maximum Gasteiger partial charge on any atom is 0.259 e. The quantitative estimate of drug-likeness (QED) is 0.704. The third kappa shape index (κ3) is 3.59. The first kappa shape index (κ1) is 17.4. The molecule has 2 N–H and O–H groups in total. The number of amides is 1. The Balaban J connectivity index is 1.45. The van der Waals surface area contributed by atoms with E-state index in [0.717, 1.165) is 34.4 Å². The maximum absolute atomic E-state index is 12.6. The lowest BCUT2D eigenvalue weighted by atomic mass is 9.89. The number of nitrogens with zero attached hydrogens (tertiary/aromatic N) is 1. The maximum atomic E-state index is 12.6. The van der Waals surface area contributed by atoms with Gasteiger partial charge in [-0.1, -0.05) is 13.0 Å². The van der Waals surface area contributed by atoms with Gasteiger partial charge in [0.2, 0.25) is 5.91 Å². The number of aromatic nitrogens is 2. The topological polar surface area (TPSA) is 74.8 Å². The molecule has 0 fully saturated rings. The van der Waals surface area contributed by atoms with Crippen LogP contribution >= 0.6 is 22.7 Å². The minimum atomic E-state index is -0.0592.